The van der Waals surface area contributed by atoms with E-state index in [2.05, 4.69) is 44.8 Å². The third-order valence-corrected chi connectivity index (χ3v) is 5.23. The van der Waals surface area contributed by atoms with E-state index >= 15 is 0 Å². The summed E-state index contributed by atoms with van der Waals surface area (Å²) in [6.45, 7) is 5.47. The molecule has 2 aromatic carbocycles. The van der Waals surface area contributed by atoms with Crippen molar-refractivity contribution in [1.82, 2.24) is 15.5 Å². The van der Waals surface area contributed by atoms with Crippen LogP contribution in [0.1, 0.15) is 18.9 Å². The van der Waals surface area contributed by atoms with E-state index < -0.39 is 0 Å². The molecule has 3 rings (SSSR count). The van der Waals surface area contributed by atoms with Gasteiger partial charge in [0, 0.05) is 45.0 Å². The number of aliphatic imine (C=N–C) groups is 1. The number of nitrogens with zero attached hydrogens (tertiary/aromatic N) is 3. The van der Waals surface area contributed by atoms with E-state index in [-0.39, 0.29) is 12.5 Å². The van der Waals surface area contributed by atoms with Gasteiger partial charge in [-0.2, -0.15) is 0 Å². The first-order valence-corrected chi connectivity index (χ1v) is 10.3. The molecule has 0 aromatic heterocycles. The van der Waals surface area contributed by atoms with Crippen molar-refractivity contribution in [1.29, 1.82) is 0 Å². The fourth-order valence-corrected chi connectivity index (χ4v) is 3.59. The van der Waals surface area contributed by atoms with Crippen molar-refractivity contribution in [3.05, 3.63) is 66.2 Å². The van der Waals surface area contributed by atoms with Crippen molar-refractivity contribution in [3.63, 3.8) is 0 Å². The van der Waals surface area contributed by atoms with Gasteiger partial charge in [0.2, 0.25) is 5.91 Å². The van der Waals surface area contributed by atoms with Crippen LogP contribution in [0.15, 0.2) is 65.7 Å². The molecule has 29 heavy (non-hydrogen) atoms. The lowest BCUT2D eigenvalue weighted by molar-refractivity contribution is -0.130. The Kier molecular flexibility index (Phi) is 7.50. The molecular formula is C23H31N5O. The highest BCUT2D eigenvalue weighted by Crippen LogP contribution is 2.19. The summed E-state index contributed by atoms with van der Waals surface area (Å²) in [6.07, 6.45) is 1.04. The lowest BCUT2D eigenvalue weighted by atomic mass is 10.2. The van der Waals surface area contributed by atoms with E-state index in [4.69, 9.17) is 0 Å². The highest BCUT2D eigenvalue weighted by Gasteiger charge is 2.23. The molecule has 1 aliphatic heterocycles. The summed E-state index contributed by atoms with van der Waals surface area (Å²) in [5.41, 5.74) is 2.38. The normalized spacial score (nSPS) is 16.6. The van der Waals surface area contributed by atoms with Crippen LogP contribution in [0.25, 0.3) is 0 Å². The lowest BCUT2D eigenvalue weighted by Crippen LogP contribution is -2.48. The van der Waals surface area contributed by atoms with E-state index in [1.807, 2.05) is 48.2 Å². The lowest BCUT2D eigenvalue weighted by Gasteiger charge is -2.23. The molecule has 2 aromatic rings. The topological polar surface area (TPSA) is 60.0 Å². The van der Waals surface area contributed by atoms with Crippen molar-refractivity contribution in [2.45, 2.75) is 25.9 Å². The van der Waals surface area contributed by atoms with E-state index in [0.29, 0.717) is 25.1 Å². The van der Waals surface area contributed by atoms with Crippen LogP contribution in [0.3, 0.4) is 0 Å². The van der Waals surface area contributed by atoms with Crippen LogP contribution in [0.5, 0.6) is 0 Å². The van der Waals surface area contributed by atoms with E-state index in [1.54, 1.807) is 7.05 Å². The first-order chi connectivity index (χ1) is 14.2. The molecule has 1 atom stereocenters. The van der Waals surface area contributed by atoms with Gasteiger partial charge in [0.25, 0.3) is 0 Å². The molecule has 0 bridgehead atoms. The molecule has 6 heteroatoms. The van der Waals surface area contributed by atoms with Crippen LogP contribution < -0.4 is 15.5 Å². The first-order valence-electron chi connectivity index (χ1n) is 10.3. The summed E-state index contributed by atoms with van der Waals surface area (Å²) in [5, 5.41) is 6.63. The maximum atomic E-state index is 12.6. The van der Waals surface area contributed by atoms with Crippen molar-refractivity contribution in [3.8, 4) is 0 Å². The molecule has 6 nitrogen and oxygen atoms in total. The van der Waals surface area contributed by atoms with Crippen LogP contribution in [0.4, 0.5) is 5.69 Å². The van der Waals surface area contributed by atoms with Gasteiger partial charge >= 0.3 is 0 Å². The van der Waals surface area contributed by atoms with Crippen LogP contribution in [0.2, 0.25) is 0 Å². The third kappa shape index (κ3) is 5.98. The van der Waals surface area contributed by atoms with Crippen molar-refractivity contribution < 1.29 is 4.79 Å². The predicted molar refractivity (Wildman–Crippen MR) is 119 cm³/mol. The van der Waals surface area contributed by atoms with Gasteiger partial charge in [-0.15, -0.1) is 0 Å². The Hall–Kier alpha value is -3.02. The third-order valence-electron chi connectivity index (χ3n) is 5.23. The number of rotatable bonds is 7. The number of para-hydroxylation sites is 1. The molecule has 1 aliphatic rings. The Morgan fingerprint density at radius 1 is 1.14 bits per heavy atom. The molecule has 1 heterocycles. The van der Waals surface area contributed by atoms with Gasteiger partial charge in [-0.25, -0.2) is 0 Å². The summed E-state index contributed by atoms with van der Waals surface area (Å²) in [6, 6.07) is 20.8. The first kappa shape index (κ1) is 20.7. The SMILES string of the molecule is CCN(Cc1ccccc1)C(=O)CNC(=NC)NC1CCN(c2ccccc2)C1. The highest BCUT2D eigenvalue weighted by atomic mass is 16.2. The second-order valence-corrected chi connectivity index (χ2v) is 7.23. The van der Waals surface area contributed by atoms with Gasteiger partial charge in [-0.3, -0.25) is 9.79 Å². The molecule has 1 fully saturated rings. The quantitative estimate of drug-likeness (QED) is 0.560. The molecule has 2 N–H and O–H groups in total. The van der Waals surface area contributed by atoms with Crippen molar-refractivity contribution in [2.75, 3.05) is 38.1 Å². The second-order valence-electron chi connectivity index (χ2n) is 7.23. The van der Waals surface area contributed by atoms with E-state index in [9.17, 15) is 4.79 Å². The number of benzene rings is 2. The number of guanidine groups is 1. The van der Waals surface area contributed by atoms with Crippen LogP contribution >= 0.6 is 0 Å². The van der Waals surface area contributed by atoms with Crippen molar-refractivity contribution in [2.24, 2.45) is 4.99 Å². The average Bonchev–Trinajstić information content (AvgIpc) is 3.24. The molecule has 1 amide bonds. The van der Waals surface area contributed by atoms with Gasteiger partial charge in [0.1, 0.15) is 0 Å². The van der Waals surface area contributed by atoms with E-state index in [0.717, 1.165) is 25.1 Å². The van der Waals surface area contributed by atoms with Gasteiger partial charge < -0.3 is 20.4 Å². The predicted octanol–water partition coefficient (Wildman–Crippen LogP) is 2.48. The molecule has 1 unspecified atom stereocenters. The Labute approximate surface area is 173 Å². The number of amides is 1. The summed E-state index contributed by atoms with van der Waals surface area (Å²) < 4.78 is 0. The number of likely N-dealkylation sites (N-methyl/N-ethyl adjacent to an activating group) is 1. The maximum absolute atomic E-state index is 12.6. The minimum atomic E-state index is 0.0663. The molecule has 0 spiro atoms. The zero-order valence-electron chi connectivity index (χ0n) is 17.3. The number of hydrogen-bond donors (Lipinski definition) is 2. The zero-order chi connectivity index (χ0) is 20.5. The summed E-state index contributed by atoms with van der Waals surface area (Å²) >= 11 is 0. The van der Waals surface area contributed by atoms with Crippen LogP contribution in [0, 0.1) is 0 Å². The largest absolute Gasteiger partial charge is 0.369 e. The minimum absolute atomic E-state index is 0.0663. The summed E-state index contributed by atoms with van der Waals surface area (Å²) in [5.74, 6) is 0.741. The fraction of sp³-hybridized carbons (Fsp3) is 0.391. The zero-order valence-corrected chi connectivity index (χ0v) is 17.3. The number of carbonyl (C=O) groups is 1. The Morgan fingerprint density at radius 3 is 2.48 bits per heavy atom. The maximum Gasteiger partial charge on any atom is 0.242 e. The number of nitrogens with one attached hydrogen (secondary N) is 2. The Balaban J connectivity index is 1.47. The van der Waals surface area contributed by atoms with Crippen LogP contribution in [-0.4, -0.2) is 56.0 Å². The molecule has 0 radical (unpaired) electrons. The van der Waals surface area contributed by atoms with Crippen LogP contribution in [-0.2, 0) is 11.3 Å². The van der Waals surface area contributed by atoms with E-state index in [1.165, 1.54) is 5.69 Å². The number of anilines is 1. The average molecular weight is 394 g/mol. The van der Waals surface area contributed by atoms with Crippen molar-refractivity contribution >= 4 is 17.6 Å². The minimum Gasteiger partial charge on any atom is -0.369 e. The summed E-state index contributed by atoms with van der Waals surface area (Å²) in [4.78, 5) is 21.2. The molecule has 154 valence electrons. The monoisotopic (exact) mass is 393 g/mol. The molecular weight excluding hydrogens is 362 g/mol. The highest BCUT2D eigenvalue weighted by molar-refractivity contribution is 5.86. The molecule has 0 saturated carbocycles. The van der Waals surface area contributed by atoms with Gasteiger partial charge in [0.05, 0.1) is 6.54 Å². The fourth-order valence-electron chi connectivity index (χ4n) is 3.59. The number of carbonyl (C=O) groups excluding carboxylic acids is 1. The smallest absolute Gasteiger partial charge is 0.242 e. The van der Waals surface area contributed by atoms with Gasteiger partial charge in [0.15, 0.2) is 5.96 Å². The molecule has 1 saturated heterocycles. The number of hydrogen-bond acceptors (Lipinski definition) is 3. The Morgan fingerprint density at radius 2 is 1.83 bits per heavy atom. The Bertz CT molecular complexity index is 793. The van der Waals surface area contributed by atoms with Gasteiger partial charge in [-0.05, 0) is 31.0 Å². The van der Waals surface area contributed by atoms with Gasteiger partial charge in [-0.1, -0.05) is 48.5 Å². The summed E-state index contributed by atoms with van der Waals surface area (Å²) in [7, 11) is 1.74. The second kappa shape index (κ2) is 10.5. The standard InChI is InChI=1S/C23H31N5O/c1-3-27(17-19-10-6-4-7-11-19)22(29)16-25-23(24-2)26-20-14-15-28(18-20)21-12-8-5-9-13-21/h4-13,20H,3,14-18H2,1-2H3,(H2,24,25,26). The molecule has 0 aliphatic carbocycles.